The average Bonchev–Trinajstić information content (AvgIpc) is 3.24. The lowest BCUT2D eigenvalue weighted by Crippen LogP contribution is -2.42. The van der Waals surface area contributed by atoms with Gasteiger partial charge in [-0.15, -0.1) is 0 Å². The monoisotopic (exact) mass is 800 g/mol. The maximum absolute atomic E-state index is 14.7. The van der Waals surface area contributed by atoms with Crippen molar-refractivity contribution in [1.29, 1.82) is 0 Å². The third-order valence-corrected chi connectivity index (χ3v) is 12.1. The van der Waals surface area contributed by atoms with Crippen molar-refractivity contribution in [3.8, 4) is 0 Å². The van der Waals surface area contributed by atoms with E-state index in [0.717, 1.165) is 86.2 Å². The van der Waals surface area contributed by atoms with E-state index >= 15 is 0 Å². The zero-order chi connectivity index (χ0) is 40.8. The summed E-state index contributed by atoms with van der Waals surface area (Å²) in [6.07, 6.45) is 4.37. The SMILES string of the molecule is CN1CCC(COC(=O)N2CCc3ccccc3[C@@H]2c2cccc(F)c2F)CC1.CN1CCC(COC(=O)N2CCc3ccccc3[C@H]2c2cccc(F)c2F)CC1. The number of halogens is 4. The first-order valence-electron chi connectivity index (χ1n) is 20.4. The van der Waals surface area contributed by atoms with Crippen LogP contribution in [0.25, 0.3) is 0 Å². The molecule has 0 aliphatic carbocycles. The largest absolute Gasteiger partial charge is 0.449 e. The van der Waals surface area contributed by atoms with Gasteiger partial charge in [0.2, 0.25) is 0 Å². The summed E-state index contributed by atoms with van der Waals surface area (Å²) in [6, 6.07) is 22.1. The zero-order valence-corrected chi connectivity index (χ0v) is 33.2. The van der Waals surface area contributed by atoms with E-state index in [4.69, 9.17) is 9.47 Å². The molecule has 2 amide bonds. The molecule has 2 fully saturated rings. The van der Waals surface area contributed by atoms with E-state index in [1.807, 2.05) is 48.5 Å². The lowest BCUT2D eigenvalue weighted by Gasteiger charge is -2.37. The third-order valence-electron chi connectivity index (χ3n) is 12.1. The van der Waals surface area contributed by atoms with E-state index in [1.165, 1.54) is 21.9 Å². The van der Waals surface area contributed by atoms with Gasteiger partial charge >= 0.3 is 12.2 Å². The summed E-state index contributed by atoms with van der Waals surface area (Å²) in [7, 11) is 4.18. The lowest BCUT2D eigenvalue weighted by molar-refractivity contribution is 0.0628. The van der Waals surface area contributed by atoms with Gasteiger partial charge in [-0.3, -0.25) is 9.80 Å². The first-order valence-corrected chi connectivity index (χ1v) is 20.4. The van der Waals surface area contributed by atoms with E-state index in [2.05, 4.69) is 23.9 Å². The fraction of sp³-hybridized carbons (Fsp3) is 0.435. The molecule has 4 aliphatic heterocycles. The first kappa shape index (κ1) is 41.2. The molecule has 0 spiro atoms. The summed E-state index contributed by atoms with van der Waals surface area (Å²) in [5.41, 5.74) is 4.04. The minimum atomic E-state index is -0.915. The number of likely N-dealkylation sites (tertiary alicyclic amines) is 2. The average molecular weight is 801 g/mol. The standard InChI is InChI=1S/2C23H26F2N2O2/c2*1-26-12-9-16(10-13-26)15-29-23(28)27-14-11-17-5-2-3-6-18(17)22(27)19-7-4-8-20(24)21(19)25/h2*2-8,16,22H,9-15H2,1H3/t2*22-/m10/s1. The predicted molar refractivity (Wildman–Crippen MR) is 213 cm³/mol. The van der Waals surface area contributed by atoms with Crippen molar-refractivity contribution >= 4 is 12.2 Å². The fourth-order valence-electron chi connectivity index (χ4n) is 8.66. The number of hydrogen-bond acceptors (Lipinski definition) is 6. The second kappa shape index (κ2) is 18.8. The normalized spacial score (nSPS) is 20.4. The number of fused-ring (bicyclic) bond motifs is 2. The Balaban J connectivity index is 0.000000177. The molecule has 8 nitrogen and oxygen atoms in total. The Morgan fingerprint density at radius 2 is 0.879 bits per heavy atom. The van der Waals surface area contributed by atoms with Crippen molar-refractivity contribution in [3.05, 3.63) is 142 Å². The zero-order valence-electron chi connectivity index (χ0n) is 33.2. The lowest BCUT2D eigenvalue weighted by atomic mass is 9.88. The maximum atomic E-state index is 14.7. The topological polar surface area (TPSA) is 65.6 Å². The molecule has 4 aliphatic rings. The van der Waals surface area contributed by atoms with Gasteiger partial charge in [-0.1, -0.05) is 72.8 Å². The van der Waals surface area contributed by atoms with E-state index in [-0.39, 0.29) is 11.1 Å². The van der Waals surface area contributed by atoms with Crippen LogP contribution in [0.3, 0.4) is 0 Å². The van der Waals surface area contributed by atoms with Gasteiger partial charge in [0.15, 0.2) is 23.3 Å². The molecule has 2 saturated heterocycles. The molecule has 308 valence electrons. The van der Waals surface area contributed by atoms with Crippen molar-refractivity contribution in [2.24, 2.45) is 11.8 Å². The molecule has 0 N–H and O–H groups in total. The van der Waals surface area contributed by atoms with E-state index in [0.29, 0.717) is 51.0 Å². The summed E-state index contributed by atoms with van der Waals surface area (Å²) in [5.74, 6) is -2.96. The number of carbonyl (C=O) groups is 2. The fourth-order valence-corrected chi connectivity index (χ4v) is 8.66. The van der Waals surface area contributed by atoms with Crippen LogP contribution in [0.1, 0.15) is 71.1 Å². The first-order chi connectivity index (χ1) is 28.1. The molecule has 12 heteroatoms. The Kier molecular flexibility index (Phi) is 13.3. The van der Waals surface area contributed by atoms with Crippen molar-refractivity contribution in [2.75, 3.05) is 66.6 Å². The minimum Gasteiger partial charge on any atom is -0.449 e. The molecule has 4 aromatic rings. The molecule has 4 heterocycles. The van der Waals surface area contributed by atoms with Crippen LogP contribution in [-0.2, 0) is 22.3 Å². The number of hydrogen-bond donors (Lipinski definition) is 0. The second-order valence-electron chi connectivity index (χ2n) is 16.0. The van der Waals surface area contributed by atoms with Crippen LogP contribution in [0.4, 0.5) is 27.2 Å². The van der Waals surface area contributed by atoms with Gasteiger partial charge < -0.3 is 19.3 Å². The summed E-state index contributed by atoms with van der Waals surface area (Å²) in [6.45, 7) is 5.53. The number of rotatable bonds is 6. The third kappa shape index (κ3) is 9.34. The van der Waals surface area contributed by atoms with Gasteiger partial charge in [-0.05, 0) is 125 Å². The van der Waals surface area contributed by atoms with Gasteiger partial charge in [0.05, 0.1) is 25.3 Å². The quantitative estimate of drug-likeness (QED) is 0.182. The van der Waals surface area contributed by atoms with Crippen LogP contribution >= 0.6 is 0 Å². The van der Waals surface area contributed by atoms with Crippen LogP contribution < -0.4 is 0 Å². The number of piperidine rings is 2. The molecule has 2 atom stereocenters. The Bertz CT molecular complexity index is 1910. The van der Waals surface area contributed by atoms with E-state index in [9.17, 15) is 27.2 Å². The van der Waals surface area contributed by atoms with Crippen LogP contribution in [0, 0.1) is 35.1 Å². The number of benzene rings is 4. The highest BCUT2D eigenvalue weighted by Crippen LogP contribution is 2.39. The van der Waals surface area contributed by atoms with Crippen LogP contribution in [0.2, 0.25) is 0 Å². The molecule has 0 saturated carbocycles. The molecule has 8 rings (SSSR count). The molecule has 0 radical (unpaired) electrons. The van der Waals surface area contributed by atoms with E-state index < -0.39 is 47.5 Å². The van der Waals surface area contributed by atoms with Gasteiger partial charge in [0.1, 0.15) is 0 Å². The highest BCUT2D eigenvalue weighted by atomic mass is 19.2. The smallest absolute Gasteiger partial charge is 0.410 e. The van der Waals surface area contributed by atoms with Gasteiger partial charge in [0, 0.05) is 24.2 Å². The minimum absolute atomic E-state index is 0.161. The molecule has 58 heavy (non-hydrogen) atoms. The summed E-state index contributed by atoms with van der Waals surface area (Å²) >= 11 is 0. The van der Waals surface area contributed by atoms with Crippen molar-refractivity contribution in [3.63, 3.8) is 0 Å². The highest BCUT2D eigenvalue weighted by Gasteiger charge is 2.37. The molecule has 0 unspecified atom stereocenters. The van der Waals surface area contributed by atoms with Crippen LogP contribution in [0.15, 0.2) is 84.9 Å². The van der Waals surface area contributed by atoms with Gasteiger partial charge in [-0.25, -0.2) is 27.2 Å². The Labute approximate surface area is 338 Å². The summed E-state index contributed by atoms with van der Waals surface area (Å²) in [4.78, 5) is 33.6. The predicted octanol–water partition coefficient (Wildman–Crippen LogP) is 8.78. The van der Waals surface area contributed by atoms with Crippen LogP contribution in [-0.4, -0.2) is 98.4 Å². The molecule has 0 bridgehead atoms. The Morgan fingerprint density at radius 1 is 0.517 bits per heavy atom. The highest BCUT2D eigenvalue weighted by molar-refractivity contribution is 5.71. The summed E-state index contributed by atoms with van der Waals surface area (Å²) in [5, 5.41) is 0. The van der Waals surface area contributed by atoms with Crippen molar-refractivity contribution in [2.45, 2.75) is 50.6 Å². The number of nitrogens with zero attached hydrogens (tertiary/aromatic N) is 4. The molecule has 0 aromatic heterocycles. The second-order valence-corrected chi connectivity index (χ2v) is 16.0. The maximum Gasteiger partial charge on any atom is 0.410 e. The van der Waals surface area contributed by atoms with Crippen molar-refractivity contribution in [1.82, 2.24) is 19.6 Å². The molecular weight excluding hydrogens is 749 g/mol. The van der Waals surface area contributed by atoms with E-state index in [1.54, 1.807) is 12.1 Å². The van der Waals surface area contributed by atoms with Gasteiger partial charge in [0.25, 0.3) is 0 Å². The van der Waals surface area contributed by atoms with Crippen LogP contribution in [0.5, 0.6) is 0 Å². The number of amides is 2. The Morgan fingerprint density at radius 3 is 1.28 bits per heavy atom. The molecular formula is C46H52F4N4O4. The van der Waals surface area contributed by atoms with Crippen molar-refractivity contribution < 1.29 is 36.6 Å². The van der Waals surface area contributed by atoms with Gasteiger partial charge in [-0.2, -0.15) is 0 Å². The Hall–Kier alpha value is -4.94. The number of ether oxygens (including phenoxy) is 2. The molecule has 4 aromatic carbocycles. The number of carbonyl (C=O) groups excluding carboxylic acids is 2. The summed E-state index contributed by atoms with van der Waals surface area (Å²) < 4.78 is 68.5.